The highest BCUT2D eigenvalue weighted by atomic mass is 35.5. The molecule has 0 aromatic heterocycles. The lowest BCUT2D eigenvalue weighted by Gasteiger charge is -2.14. The zero-order valence-electron chi connectivity index (χ0n) is 10.8. The van der Waals surface area contributed by atoms with E-state index < -0.39 is 0 Å². The predicted molar refractivity (Wildman–Crippen MR) is 75.5 cm³/mol. The summed E-state index contributed by atoms with van der Waals surface area (Å²) in [5, 5.41) is 3.66. The van der Waals surface area contributed by atoms with Crippen molar-refractivity contribution in [2.45, 2.75) is 38.6 Å². The normalized spacial score (nSPS) is 12.2. The molecular formula is C14H21ClN2O. The molecule has 0 radical (unpaired) electrons. The predicted octanol–water partition coefficient (Wildman–Crippen LogP) is 3.04. The van der Waals surface area contributed by atoms with Gasteiger partial charge in [-0.1, -0.05) is 30.2 Å². The van der Waals surface area contributed by atoms with Gasteiger partial charge in [0.1, 0.15) is 0 Å². The first-order valence-electron chi connectivity index (χ1n) is 6.38. The van der Waals surface area contributed by atoms with Crippen LogP contribution in [-0.2, 0) is 4.79 Å². The molecule has 18 heavy (non-hydrogen) atoms. The number of hydrogen-bond donors (Lipinski definition) is 2. The van der Waals surface area contributed by atoms with Crippen LogP contribution < -0.4 is 11.1 Å². The molecule has 0 unspecified atom stereocenters. The minimum atomic E-state index is -0.00860. The second-order valence-electron chi connectivity index (χ2n) is 4.44. The first-order valence-corrected chi connectivity index (χ1v) is 6.76. The van der Waals surface area contributed by atoms with Crippen molar-refractivity contribution in [3.63, 3.8) is 0 Å². The van der Waals surface area contributed by atoms with E-state index in [0.717, 1.165) is 24.8 Å². The molecule has 0 fully saturated rings. The van der Waals surface area contributed by atoms with E-state index in [0.29, 0.717) is 18.0 Å². The van der Waals surface area contributed by atoms with Crippen LogP contribution in [-0.4, -0.2) is 12.5 Å². The molecule has 0 heterocycles. The van der Waals surface area contributed by atoms with Crippen molar-refractivity contribution in [2.24, 2.45) is 5.73 Å². The Morgan fingerprint density at radius 1 is 1.39 bits per heavy atom. The van der Waals surface area contributed by atoms with E-state index in [4.69, 9.17) is 17.3 Å². The molecule has 1 rings (SSSR count). The van der Waals surface area contributed by atoms with Gasteiger partial charge in [-0.05, 0) is 44.0 Å². The molecule has 1 atom stereocenters. The van der Waals surface area contributed by atoms with Crippen molar-refractivity contribution in [3.8, 4) is 0 Å². The average molecular weight is 269 g/mol. The Labute approximate surface area is 114 Å². The molecule has 0 spiro atoms. The Kier molecular flexibility index (Phi) is 6.76. The van der Waals surface area contributed by atoms with Gasteiger partial charge in [-0.2, -0.15) is 0 Å². The Balaban J connectivity index is 2.35. The van der Waals surface area contributed by atoms with E-state index in [9.17, 15) is 4.79 Å². The summed E-state index contributed by atoms with van der Waals surface area (Å²) in [6.45, 7) is 2.66. The molecule has 0 aliphatic carbocycles. The second kappa shape index (κ2) is 8.11. The van der Waals surface area contributed by atoms with Crippen molar-refractivity contribution >= 4 is 17.5 Å². The summed E-state index contributed by atoms with van der Waals surface area (Å²) in [5.74, 6) is 0.0829. The monoisotopic (exact) mass is 268 g/mol. The van der Waals surface area contributed by atoms with Gasteiger partial charge in [-0.25, -0.2) is 0 Å². The molecule has 100 valence electrons. The first kappa shape index (κ1) is 15.0. The molecular weight excluding hydrogens is 248 g/mol. The van der Waals surface area contributed by atoms with Crippen LogP contribution in [0.1, 0.15) is 44.2 Å². The largest absolute Gasteiger partial charge is 0.350 e. The summed E-state index contributed by atoms with van der Waals surface area (Å²) in [6, 6.07) is 7.55. The van der Waals surface area contributed by atoms with Gasteiger partial charge in [0.2, 0.25) is 5.91 Å². The SMILES string of the molecule is C[C@@H](NC(=O)CCCCCN)c1cccc(Cl)c1. The molecule has 3 N–H and O–H groups in total. The molecule has 1 amide bonds. The number of rotatable bonds is 7. The Morgan fingerprint density at radius 3 is 2.83 bits per heavy atom. The van der Waals surface area contributed by atoms with Gasteiger partial charge in [-0.15, -0.1) is 0 Å². The maximum Gasteiger partial charge on any atom is 0.220 e. The van der Waals surface area contributed by atoms with Crippen LogP contribution in [0.15, 0.2) is 24.3 Å². The Bertz CT molecular complexity index is 382. The van der Waals surface area contributed by atoms with Crippen LogP contribution >= 0.6 is 11.6 Å². The molecule has 0 saturated heterocycles. The fourth-order valence-electron chi connectivity index (χ4n) is 1.78. The third-order valence-electron chi connectivity index (χ3n) is 2.83. The number of benzene rings is 1. The van der Waals surface area contributed by atoms with E-state index in [1.165, 1.54) is 0 Å². The van der Waals surface area contributed by atoms with E-state index in [2.05, 4.69) is 5.32 Å². The summed E-state index contributed by atoms with van der Waals surface area (Å²) in [4.78, 5) is 11.7. The molecule has 4 heteroatoms. The van der Waals surface area contributed by atoms with Crippen molar-refractivity contribution in [1.29, 1.82) is 0 Å². The second-order valence-corrected chi connectivity index (χ2v) is 4.88. The van der Waals surface area contributed by atoms with Crippen molar-refractivity contribution < 1.29 is 4.79 Å². The standard InChI is InChI=1S/C14H21ClN2O/c1-11(12-6-5-7-13(15)10-12)17-14(18)8-3-2-4-9-16/h5-7,10-11H,2-4,8-9,16H2,1H3,(H,17,18)/t11-/m1/s1. The van der Waals surface area contributed by atoms with E-state index in [1.54, 1.807) is 0 Å². The summed E-state index contributed by atoms with van der Waals surface area (Å²) in [7, 11) is 0. The van der Waals surface area contributed by atoms with Crippen LogP contribution in [0, 0.1) is 0 Å². The minimum Gasteiger partial charge on any atom is -0.350 e. The lowest BCUT2D eigenvalue weighted by atomic mass is 10.1. The van der Waals surface area contributed by atoms with Crippen LogP contribution in [0.3, 0.4) is 0 Å². The molecule has 0 aliphatic rings. The molecule has 0 bridgehead atoms. The van der Waals surface area contributed by atoms with E-state index in [1.807, 2.05) is 31.2 Å². The Hall–Kier alpha value is -1.06. The Morgan fingerprint density at radius 2 is 2.17 bits per heavy atom. The van der Waals surface area contributed by atoms with Gasteiger partial charge in [0.05, 0.1) is 6.04 Å². The number of carbonyl (C=O) groups excluding carboxylic acids is 1. The van der Waals surface area contributed by atoms with Crippen LogP contribution in [0.5, 0.6) is 0 Å². The van der Waals surface area contributed by atoms with Crippen LogP contribution in [0.25, 0.3) is 0 Å². The zero-order chi connectivity index (χ0) is 13.4. The molecule has 3 nitrogen and oxygen atoms in total. The molecule has 0 aliphatic heterocycles. The fourth-order valence-corrected chi connectivity index (χ4v) is 1.98. The van der Waals surface area contributed by atoms with Crippen LogP contribution in [0.4, 0.5) is 0 Å². The number of nitrogens with two attached hydrogens (primary N) is 1. The van der Waals surface area contributed by atoms with Crippen molar-refractivity contribution in [3.05, 3.63) is 34.9 Å². The number of nitrogens with one attached hydrogen (secondary N) is 1. The van der Waals surface area contributed by atoms with Crippen molar-refractivity contribution in [1.82, 2.24) is 5.32 Å². The van der Waals surface area contributed by atoms with Gasteiger partial charge in [0, 0.05) is 11.4 Å². The zero-order valence-corrected chi connectivity index (χ0v) is 11.5. The lowest BCUT2D eigenvalue weighted by molar-refractivity contribution is -0.121. The van der Waals surface area contributed by atoms with Crippen molar-refractivity contribution in [2.75, 3.05) is 6.54 Å². The van der Waals surface area contributed by atoms with Gasteiger partial charge in [0.15, 0.2) is 0 Å². The average Bonchev–Trinajstić information content (AvgIpc) is 2.34. The summed E-state index contributed by atoms with van der Waals surface area (Å²) < 4.78 is 0. The van der Waals surface area contributed by atoms with E-state index >= 15 is 0 Å². The number of halogens is 1. The molecule has 1 aromatic rings. The maximum absolute atomic E-state index is 11.7. The summed E-state index contributed by atoms with van der Waals surface area (Å²) >= 11 is 5.92. The van der Waals surface area contributed by atoms with Crippen LogP contribution in [0.2, 0.25) is 5.02 Å². The number of unbranched alkanes of at least 4 members (excludes halogenated alkanes) is 2. The third kappa shape index (κ3) is 5.52. The number of amides is 1. The highest BCUT2D eigenvalue weighted by Crippen LogP contribution is 2.17. The highest BCUT2D eigenvalue weighted by molar-refractivity contribution is 6.30. The number of hydrogen-bond acceptors (Lipinski definition) is 2. The summed E-state index contributed by atoms with van der Waals surface area (Å²) in [6.07, 6.45) is 3.45. The van der Waals surface area contributed by atoms with Gasteiger partial charge < -0.3 is 11.1 Å². The fraction of sp³-hybridized carbons (Fsp3) is 0.500. The van der Waals surface area contributed by atoms with Gasteiger partial charge >= 0.3 is 0 Å². The number of carbonyl (C=O) groups is 1. The third-order valence-corrected chi connectivity index (χ3v) is 3.07. The smallest absolute Gasteiger partial charge is 0.220 e. The van der Waals surface area contributed by atoms with Gasteiger partial charge in [-0.3, -0.25) is 4.79 Å². The molecule has 0 saturated carbocycles. The first-order chi connectivity index (χ1) is 8.63. The lowest BCUT2D eigenvalue weighted by Crippen LogP contribution is -2.26. The van der Waals surface area contributed by atoms with E-state index in [-0.39, 0.29) is 11.9 Å². The minimum absolute atomic E-state index is 0.00860. The quantitative estimate of drug-likeness (QED) is 0.747. The maximum atomic E-state index is 11.7. The topological polar surface area (TPSA) is 55.1 Å². The summed E-state index contributed by atoms with van der Waals surface area (Å²) in [5.41, 5.74) is 6.43. The highest BCUT2D eigenvalue weighted by Gasteiger charge is 2.09. The van der Waals surface area contributed by atoms with Gasteiger partial charge in [0.25, 0.3) is 0 Å². The molecule has 1 aromatic carbocycles.